The van der Waals surface area contributed by atoms with Crippen LogP contribution in [0.5, 0.6) is 5.75 Å². The largest absolute Gasteiger partial charge is 0.507 e. The molecule has 1 amide bonds. The predicted octanol–water partition coefficient (Wildman–Crippen LogP) is 4.70. The number of aliphatic hydroxyl groups is 1. The maximum Gasteiger partial charge on any atom is 0.335 e. The van der Waals surface area contributed by atoms with Crippen LogP contribution in [0.15, 0.2) is 66.2 Å². The van der Waals surface area contributed by atoms with Crippen molar-refractivity contribution in [3.8, 4) is 5.75 Å². The molecule has 1 heterocycles. The van der Waals surface area contributed by atoms with Gasteiger partial charge < -0.3 is 24.7 Å². The Labute approximate surface area is 221 Å². The SMILES string of the molecule is COc1c(C)cc(C)cc1/C(O)=C1\C(=O)C(=O)N(Cc2ccc(C(=O)O)cc2)C1c1ccc(N(C)C)cc1. The number of methoxy groups -OCH3 is 1. The van der Waals surface area contributed by atoms with Crippen molar-refractivity contribution in [3.05, 3.63) is 99.6 Å². The van der Waals surface area contributed by atoms with E-state index in [0.717, 1.165) is 16.8 Å². The number of carbonyl (C=O) groups excluding carboxylic acids is 2. The van der Waals surface area contributed by atoms with Crippen LogP contribution in [0.4, 0.5) is 5.69 Å². The molecule has 196 valence electrons. The number of anilines is 1. The molecule has 0 radical (unpaired) electrons. The molecule has 8 nitrogen and oxygen atoms in total. The number of ketones is 1. The second-order valence-electron chi connectivity index (χ2n) is 9.58. The molecule has 0 bridgehead atoms. The first-order valence-corrected chi connectivity index (χ1v) is 12.1. The van der Waals surface area contributed by atoms with Gasteiger partial charge in [0, 0.05) is 26.3 Å². The van der Waals surface area contributed by atoms with Gasteiger partial charge in [0.25, 0.3) is 11.7 Å². The first-order valence-electron chi connectivity index (χ1n) is 12.1. The third kappa shape index (κ3) is 4.85. The fourth-order valence-corrected chi connectivity index (χ4v) is 4.84. The summed E-state index contributed by atoms with van der Waals surface area (Å²) in [5.41, 5.74) is 4.32. The van der Waals surface area contributed by atoms with Crippen LogP contribution in [-0.4, -0.2) is 54.0 Å². The summed E-state index contributed by atoms with van der Waals surface area (Å²) in [5.74, 6) is -2.49. The zero-order valence-corrected chi connectivity index (χ0v) is 22.0. The highest BCUT2D eigenvalue weighted by Gasteiger charge is 2.46. The van der Waals surface area contributed by atoms with Crippen molar-refractivity contribution in [2.75, 3.05) is 26.1 Å². The second kappa shape index (κ2) is 10.4. The summed E-state index contributed by atoms with van der Waals surface area (Å²) in [7, 11) is 5.31. The third-order valence-electron chi connectivity index (χ3n) is 6.70. The van der Waals surface area contributed by atoms with Crippen molar-refractivity contribution in [2.24, 2.45) is 0 Å². The van der Waals surface area contributed by atoms with Crippen molar-refractivity contribution >= 4 is 29.1 Å². The van der Waals surface area contributed by atoms with Gasteiger partial charge in [-0.05, 0) is 66.4 Å². The highest BCUT2D eigenvalue weighted by molar-refractivity contribution is 6.46. The number of carboxylic acid groups (broad SMARTS) is 1. The normalized spacial score (nSPS) is 16.6. The first-order chi connectivity index (χ1) is 18.0. The number of benzene rings is 3. The Kier molecular flexibility index (Phi) is 7.26. The van der Waals surface area contributed by atoms with E-state index < -0.39 is 23.7 Å². The molecule has 1 aliphatic heterocycles. The Balaban J connectivity index is 1.89. The van der Waals surface area contributed by atoms with Gasteiger partial charge in [0.05, 0.1) is 29.9 Å². The molecule has 3 aromatic carbocycles. The molecule has 1 atom stereocenters. The number of hydrogen-bond donors (Lipinski definition) is 2. The van der Waals surface area contributed by atoms with E-state index in [2.05, 4.69) is 0 Å². The lowest BCUT2D eigenvalue weighted by molar-refractivity contribution is -0.140. The summed E-state index contributed by atoms with van der Waals surface area (Å²) in [6.45, 7) is 3.77. The van der Waals surface area contributed by atoms with Crippen LogP contribution >= 0.6 is 0 Å². The van der Waals surface area contributed by atoms with E-state index in [4.69, 9.17) is 4.74 Å². The number of amides is 1. The van der Waals surface area contributed by atoms with E-state index in [0.29, 0.717) is 22.4 Å². The molecule has 0 spiro atoms. The van der Waals surface area contributed by atoms with Gasteiger partial charge in [-0.25, -0.2) is 4.79 Å². The van der Waals surface area contributed by atoms with Gasteiger partial charge in [-0.1, -0.05) is 30.3 Å². The number of carboxylic acids is 1. The highest BCUT2D eigenvalue weighted by atomic mass is 16.5. The van der Waals surface area contributed by atoms with Gasteiger partial charge in [-0.3, -0.25) is 9.59 Å². The number of ether oxygens (including phenoxy) is 1. The molecule has 4 rings (SSSR count). The standard InChI is InChI=1S/C30H30N2O6/c1-17-14-18(2)28(38-5)23(15-17)26(33)24-25(20-10-12-22(13-11-20)31(3)4)32(29(35)27(24)34)16-19-6-8-21(9-7-19)30(36)37/h6-15,25,33H,16H2,1-5H3,(H,36,37)/b26-24+. The fourth-order valence-electron chi connectivity index (χ4n) is 4.84. The van der Waals surface area contributed by atoms with Crippen LogP contribution in [0.2, 0.25) is 0 Å². The fraction of sp³-hybridized carbons (Fsp3) is 0.233. The minimum atomic E-state index is -1.06. The Morgan fingerprint density at radius 2 is 1.61 bits per heavy atom. The first kappa shape index (κ1) is 26.5. The van der Waals surface area contributed by atoms with Gasteiger partial charge in [0.1, 0.15) is 11.5 Å². The average Bonchev–Trinajstić information content (AvgIpc) is 3.13. The number of nitrogens with zero attached hydrogens (tertiary/aromatic N) is 2. The average molecular weight is 515 g/mol. The molecule has 1 unspecified atom stereocenters. The van der Waals surface area contributed by atoms with Crippen LogP contribution in [0.1, 0.15) is 44.2 Å². The number of aryl methyl sites for hydroxylation is 2. The lowest BCUT2D eigenvalue weighted by atomic mass is 9.93. The van der Waals surface area contributed by atoms with Crippen LogP contribution in [0, 0.1) is 13.8 Å². The number of likely N-dealkylation sites (tertiary alicyclic amines) is 1. The van der Waals surface area contributed by atoms with E-state index in [1.807, 2.05) is 63.2 Å². The molecule has 1 saturated heterocycles. The lowest BCUT2D eigenvalue weighted by Gasteiger charge is -2.26. The Morgan fingerprint density at radius 3 is 2.16 bits per heavy atom. The summed E-state index contributed by atoms with van der Waals surface area (Å²) < 4.78 is 5.55. The monoisotopic (exact) mass is 514 g/mol. The van der Waals surface area contributed by atoms with E-state index >= 15 is 0 Å². The molecule has 0 saturated carbocycles. The Morgan fingerprint density at radius 1 is 0.974 bits per heavy atom. The smallest absolute Gasteiger partial charge is 0.335 e. The summed E-state index contributed by atoms with van der Waals surface area (Å²) in [6.07, 6.45) is 0. The zero-order chi connectivity index (χ0) is 27.7. The van der Waals surface area contributed by atoms with Crippen molar-refractivity contribution in [1.82, 2.24) is 4.90 Å². The van der Waals surface area contributed by atoms with E-state index in [1.165, 1.54) is 24.1 Å². The van der Waals surface area contributed by atoms with Crippen LogP contribution < -0.4 is 9.64 Å². The lowest BCUT2D eigenvalue weighted by Crippen LogP contribution is -2.29. The molecule has 0 aliphatic carbocycles. The number of aromatic carboxylic acids is 1. The van der Waals surface area contributed by atoms with Gasteiger partial charge >= 0.3 is 5.97 Å². The van der Waals surface area contributed by atoms with Gasteiger partial charge in [0.15, 0.2) is 0 Å². The molecule has 0 aromatic heterocycles. The number of rotatable bonds is 7. The molecule has 1 fully saturated rings. The summed E-state index contributed by atoms with van der Waals surface area (Å²) in [4.78, 5) is 41.4. The van der Waals surface area contributed by atoms with E-state index in [9.17, 15) is 24.6 Å². The second-order valence-corrected chi connectivity index (χ2v) is 9.58. The number of aliphatic hydroxyl groups excluding tert-OH is 1. The number of hydrogen-bond acceptors (Lipinski definition) is 6. The van der Waals surface area contributed by atoms with Gasteiger partial charge in [-0.2, -0.15) is 0 Å². The topological polar surface area (TPSA) is 107 Å². The van der Waals surface area contributed by atoms with Crippen molar-refractivity contribution < 1.29 is 29.3 Å². The third-order valence-corrected chi connectivity index (χ3v) is 6.70. The van der Waals surface area contributed by atoms with Crippen molar-refractivity contribution in [3.63, 3.8) is 0 Å². The minimum absolute atomic E-state index is 0.0296. The molecular formula is C30H30N2O6. The molecule has 8 heteroatoms. The van der Waals surface area contributed by atoms with Crippen molar-refractivity contribution in [2.45, 2.75) is 26.4 Å². The van der Waals surface area contributed by atoms with E-state index in [1.54, 1.807) is 18.2 Å². The Bertz CT molecular complexity index is 1440. The van der Waals surface area contributed by atoms with Gasteiger partial charge in [0.2, 0.25) is 0 Å². The molecular weight excluding hydrogens is 484 g/mol. The molecule has 3 aromatic rings. The molecule has 2 N–H and O–H groups in total. The number of carbonyl (C=O) groups is 3. The van der Waals surface area contributed by atoms with Crippen molar-refractivity contribution in [1.29, 1.82) is 0 Å². The molecule has 38 heavy (non-hydrogen) atoms. The quantitative estimate of drug-likeness (QED) is 0.267. The van der Waals surface area contributed by atoms with Crippen LogP contribution in [0.3, 0.4) is 0 Å². The summed E-state index contributed by atoms with van der Waals surface area (Å²) in [6, 6.07) is 16.3. The number of Topliss-reactive ketones (excluding diaryl/α,β-unsaturated/α-hetero) is 1. The summed E-state index contributed by atoms with van der Waals surface area (Å²) in [5, 5.41) is 20.8. The van der Waals surface area contributed by atoms with Crippen LogP contribution in [-0.2, 0) is 16.1 Å². The summed E-state index contributed by atoms with van der Waals surface area (Å²) >= 11 is 0. The highest BCUT2D eigenvalue weighted by Crippen LogP contribution is 2.42. The van der Waals surface area contributed by atoms with E-state index in [-0.39, 0.29) is 23.4 Å². The van der Waals surface area contributed by atoms with Crippen LogP contribution in [0.25, 0.3) is 5.76 Å². The maximum atomic E-state index is 13.5. The van der Waals surface area contributed by atoms with Gasteiger partial charge in [-0.15, -0.1) is 0 Å². The molecule has 1 aliphatic rings. The zero-order valence-electron chi connectivity index (χ0n) is 22.0. The minimum Gasteiger partial charge on any atom is -0.507 e. The predicted molar refractivity (Wildman–Crippen MR) is 144 cm³/mol. The Hall–Kier alpha value is -4.59. The maximum absolute atomic E-state index is 13.5.